The largest absolute Gasteiger partial charge is 0.436 e. The third-order valence-electron chi connectivity index (χ3n) is 4.80. The van der Waals surface area contributed by atoms with E-state index in [1.165, 1.54) is 0 Å². The van der Waals surface area contributed by atoms with E-state index in [1.807, 2.05) is 42.5 Å². The van der Waals surface area contributed by atoms with Gasteiger partial charge >= 0.3 is 0 Å². The summed E-state index contributed by atoms with van der Waals surface area (Å²) in [5, 5.41) is 3.45. The van der Waals surface area contributed by atoms with Crippen LogP contribution in [0, 0.1) is 5.92 Å². The Morgan fingerprint density at radius 2 is 1.96 bits per heavy atom. The number of anilines is 2. The van der Waals surface area contributed by atoms with Crippen molar-refractivity contribution in [3.8, 4) is 11.5 Å². The number of nitrogens with two attached hydrogens (primary N) is 1. The number of para-hydroxylation sites is 2. The van der Waals surface area contributed by atoms with Gasteiger partial charge in [-0.2, -0.15) is 0 Å². The van der Waals surface area contributed by atoms with Crippen molar-refractivity contribution in [3.05, 3.63) is 42.5 Å². The first kappa shape index (κ1) is 16.0. The minimum absolute atomic E-state index is 0.599. The molecular weight excluding hydrogens is 314 g/mol. The van der Waals surface area contributed by atoms with Crippen LogP contribution in [0.4, 0.5) is 11.4 Å². The van der Waals surface area contributed by atoms with E-state index in [4.69, 9.17) is 14.9 Å². The van der Waals surface area contributed by atoms with Gasteiger partial charge in [-0.15, -0.1) is 0 Å². The van der Waals surface area contributed by atoms with E-state index in [2.05, 4.69) is 10.3 Å². The van der Waals surface area contributed by atoms with Gasteiger partial charge in [0.1, 0.15) is 5.52 Å². The first-order valence-corrected chi connectivity index (χ1v) is 8.87. The smallest absolute Gasteiger partial charge is 0.227 e. The number of nitrogens with zero attached hydrogens (tertiary/aromatic N) is 1. The molecule has 4 rings (SSSR count). The summed E-state index contributed by atoms with van der Waals surface area (Å²) in [5.41, 5.74) is 10.4. The Hall–Kier alpha value is -2.53. The van der Waals surface area contributed by atoms with Gasteiger partial charge in [-0.25, -0.2) is 4.98 Å². The molecule has 1 aliphatic heterocycles. The summed E-state index contributed by atoms with van der Waals surface area (Å²) in [7, 11) is 0. The molecule has 25 heavy (non-hydrogen) atoms. The fraction of sp³-hybridized carbons (Fsp3) is 0.350. The molecule has 2 heterocycles. The Bertz CT molecular complexity index is 820. The topological polar surface area (TPSA) is 73.3 Å². The van der Waals surface area contributed by atoms with Crippen molar-refractivity contribution >= 4 is 22.5 Å². The van der Waals surface area contributed by atoms with E-state index in [-0.39, 0.29) is 0 Å². The molecule has 0 bridgehead atoms. The third-order valence-corrected chi connectivity index (χ3v) is 4.80. The SMILES string of the molecule is Nc1cc(-c2nc3ccccc3o2)ccc1NCCC1CCOCC1. The Morgan fingerprint density at radius 3 is 2.76 bits per heavy atom. The summed E-state index contributed by atoms with van der Waals surface area (Å²) in [5.74, 6) is 1.35. The number of aromatic nitrogens is 1. The molecule has 0 aliphatic carbocycles. The lowest BCUT2D eigenvalue weighted by Crippen LogP contribution is -2.18. The van der Waals surface area contributed by atoms with Gasteiger partial charge in [0.05, 0.1) is 11.4 Å². The van der Waals surface area contributed by atoms with Crippen LogP contribution in [0.3, 0.4) is 0 Å². The van der Waals surface area contributed by atoms with E-state index in [9.17, 15) is 0 Å². The minimum atomic E-state index is 0.599. The van der Waals surface area contributed by atoms with Gasteiger partial charge in [-0.3, -0.25) is 0 Å². The minimum Gasteiger partial charge on any atom is -0.436 e. The van der Waals surface area contributed by atoms with Crippen molar-refractivity contribution in [2.75, 3.05) is 30.8 Å². The zero-order valence-electron chi connectivity index (χ0n) is 14.2. The van der Waals surface area contributed by atoms with Gasteiger partial charge in [0, 0.05) is 25.3 Å². The van der Waals surface area contributed by atoms with Crippen LogP contribution >= 0.6 is 0 Å². The average molecular weight is 337 g/mol. The molecule has 1 aliphatic rings. The Labute approximate surface area is 147 Å². The molecule has 3 aromatic rings. The normalized spacial score (nSPS) is 15.5. The van der Waals surface area contributed by atoms with Crippen LogP contribution in [0.5, 0.6) is 0 Å². The highest BCUT2D eigenvalue weighted by atomic mass is 16.5. The Morgan fingerprint density at radius 1 is 1.12 bits per heavy atom. The van der Waals surface area contributed by atoms with Crippen LogP contribution in [-0.2, 0) is 4.74 Å². The number of nitrogen functional groups attached to an aromatic ring is 1. The maximum Gasteiger partial charge on any atom is 0.227 e. The highest BCUT2D eigenvalue weighted by Crippen LogP contribution is 2.29. The number of rotatable bonds is 5. The standard InChI is InChI=1S/C20H23N3O2/c21-16-13-15(20-23-18-3-1-2-4-19(18)25-20)5-6-17(16)22-10-7-14-8-11-24-12-9-14/h1-6,13-14,22H,7-12,21H2. The molecule has 0 saturated carbocycles. The molecule has 5 nitrogen and oxygen atoms in total. The van der Waals surface area contributed by atoms with Gasteiger partial charge < -0.3 is 20.2 Å². The molecule has 1 saturated heterocycles. The first-order valence-electron chi connectivity index (χ1n) is 8.87. The van der Waals surface area contributed by atoms with Gasteiger partial charge in [-0.05, 0) is 55.5 Å². The van der Waals surface area contributed by atoms with Gasteiger partial charge in [0.2, 0.25) is 5.89 Å². The quantitative estimate of drug-likeness (QED) is 0.679. The molecule has 0 amide bonds. The maximum atomic E-state index is 6.22. The fourth-order valence-corrected chi connectivity index (χ4v) is 3.30. The molecule has 1 fully saturated rings. The van der Waals surface area contributed by atoms with E-state index in [0.29, 0.717) is 11.6 Å². The van der Waals surface area contributed by atoms with E-state index >= 15 is 0 Å². The molecule has 0 spiro atoms. The van der Waals surface area contributed by atoms with Crippen LogP contribution in [0.15, 0.2) is 46.9 Å². The monoisotopic (exact) mass is 337 g/mol. The van der Waals surface area contributed by atoms with Crippen LogP contribution in [0.25, 0.3) is 22.6 Å². The van der Waals surface area contributed by atoms with Crippen LogP contribution in [-0.4, -0.2) is 24.7 Å². The van der Waals surface area contributed by atoms with E-state index in [1.54, 1.807) is 0 Å². The summed E-state index contributed by atoms with van der Waals surface area (Å²) < 4.78 is 11.2. The van der Waals surface area contributed by atoms with E-state index in [0.717, 1.165) is 67.3 Å². The van der Waals surface area contributed by atoms with Crippen molar-refractivity contribution < 1.29 is 9.15 Å². The molecule has 130 valence electrons. The Balaban J connectivity index is 1.43. The summed E-state index contributed by atoms with van der Waals surface area (Å²) in [4.78, 5) is 4.52. The van der Waals surface area contributed by atoms with Crippen molar-refractivity contribution in [1.82, 2.24) is 4.98 Å². The molecule has 5 heteroatoms. The molecule has 0 atom stereocenters. The lowest BCUT2D eigenvalue weighted by Gasteiger charge is -2.22. The zero-order chi connectivity index (χ0) is 17.1. The van der Waals surface area contributed by atoms with Crippen LogP contribution < -0.4 is 11.1 Å². The molecule has 2 aromatic carbocycles. The second-order valence-electron chi connectivity index (χ2n) is 6.56. The van der Waals surface area contributed by atoms with Crippen molar-refractivity contribution in [3.63, 3.8) is 0 Å². The van der Waals surface area contributed by atoms with E-state index < -0.39 is 0 Å². The molecule has 1 aromatic heterocycles. The first-order chi connectivity index (χ1) is 12.3. The number of hydrogen-bond acceptors (Lipinski definition) is 5. The third kappa shape index (κ3) is 3.61. The van der Waals surface area contributed by atoms with Crippen molar-refractivity contribution in [2.24, 2.45) is 5.92 Å². The number of oxazole rings is 1. The summed E-state index contributed by atoms with van der Waals surface area (Å²) in [6.45, 7) is 2.72. The predicted octanol–water partition coefficient (Wildman–Crippen LogP) is 4.31. The van der Waals surface area contributed by atoms with Gasteiger partial charge in [0.15, 0.2) is 5.58 Å². The van der Waals surface area contributed by atoms with Crippen LogP contribution in [0.2, 0.25) is 0 Å². The van der Waals surface area contributed by atoms with Crippen LogP contribution in [0.1, 0.15) is 19.3 Å². The number of nitrogens with one attached hydrogen (secondary N) is 1. The molecular formula is C20H23N3O2. The Kier molecular flexibility index (Phi) is 4.57. The molecule has 0 radical (unpaired) electrons. The van der Waals surface area contributed by atoms with Crippen molar-refractivity contribution in [2.45, 2.75) is 19.3 Å². The fourth-order valence-electron chi connectivity index (χ4n) is 3.30. The number of benzene rings is 2. The predicted molar refractivity (Wildman–Crippen MR) is 101 cm³/mol. The highest BCUT2D eigenvalue weighted by Gasteiger charge is 2.14. The van der Waals surface area contributed by atoms with Gasteiger partial charge in [0.25, 0.3) is 0 Å². The van der Waals surface area contributed by atoms with Gasteiger partial charge in [-0.1, -0.05) is 12.1 Å². The summed E-state index contributed by atoms with van der Waals surface area (Å²) in [6.07, 6.45) is 3.47. The summed E-state index contributed by atoms with van der Waals surface area (Å²) in [6, 6.07) is 13.7. The maximum absolute atomic E-state index is 6.22. The number of hydrogen-bond donors (Lipinski definition) is 2. The average Bonchev–Trinajstić information content (AvgIpc) is 3.08. The van der Waals surface area contributed by atoms with Crippen molar-refractivity contribution in [1.29, 1.82) is 0 Å². The number of ether oxygens (including phenoxy) is 1. The summed E-state index contributed by atoms with van der Waals surface area (Å²) >= 11 is 0. The lowest BCUT2D eigenvalue weighted by molar-refractivity contribution is 0.0649. The highest BCUT2D eigenvalue weighted by molar-refractivity contribution is 5.78. The lowest BCUT2D eigenvalue weighted by atomic mass is 9.96. The number of fused-ring (bicyclic) bond motifs is 1. The second-order valence-corrected chi connectivity index (χ2v) is 6.56. The zero-order valence-corrected chi connectivity index (χ0v) is 14.2. The molecule has 3 N–H and O–H groups in total. The molecule has 0 unspecified atom stereocenters. The second kappa shape index (κ2) is 7.15.